The van der Waals surface area contributed by atoms with Crippen molar-refractivity contribution in [1.82, 2.24) is 4.98 Å². The van der Waals surface area contributed by atoms with Crippen LogP contribution >= 0.6 is 11.6 Å². The summed E-state index contributed by atoms with van der Waals surface area (Å²) in [4.78, 5) is 16.5. The molecule has 0 bridgehead atoms. The number of hydrogen-bond acceptors (Lipinski definition) is 2. The molecule has 0 saturated heterocycles. The van der Waals surface area contributed by atoms with Crippen molar-refractivity contribution >= 4 is 17.4 Å². The zero-order valence-corrected chi connectivity index (χ0v) is 12.4. The van der Waals surface area contributed by atoms with Gasteiger partial charge in [-0.2, -0.15) is 0 Å². The first-order chi connectivity index (χ1) is 9.54. The molecule has 2 nitrogen and oxygen atoms in total. The van der Waals surface area contributed by atoms with E-state index in [9.17, 15) is 4.79 Å². The minimum atomic E-state index is 0.162. The van der Waals surface area contributed by atoms with E-state index in [2.05, 4.69) is 17.1 Å². The van der Waals surface area contributed by atoms with Crippen LogP contribution in [0.4, 0.5) is 0 Å². The van der Waals surface area contributed by atoms with Gasteiger partial charge in [0.25, 0.3) is 0 Å². The summed E-state index contributed by atoms with van der Waals surface area (Å²) in [5.74, 6) is 0.162. The fourth-order valence-electron chi connectivity index (χ4n) is 2.88. The van der Waals surface area contributed by atoms with E-state index in [0.29, 0.717) is 12.1 Å². The number of nitrogens with zero attached hydrogens (tertiary/aromatic N) is 1. The van der Waals surface area contributed by atoms with E-state index < -0.39 is 0 Å². The molecule has 0 amide bonds. The van der Waals surface area contributed by atoms with Crippen molar-refractivity contribution in [3.63, 3.8) is 0 Å². The van der Waals surface area contributed by atoms with Gasteiger partial charge in [-0.25, -0.2) is 4.98 Å². The number of rotatable bonds is 1. The van der Waals surface area contributed by atoms with Crippen LogP contribution in [0.5, 0.6) is 0 Å². The molecule has 1 aliphatic carbocycles. The molecule has 1 aliphatic rings. The summed E-state index contributed by atoms with van der Waals surface area (Å²) in [7, 11) is 0. The second-order valence-corrected chi connectivity index (χ2v) is 5.87. The maximum atomic E-state index is 12.1. The highest BCUT2D eigenvalue weighted by Crippen LogP contribution is 2.33. The first-order valence-electron chi connectivity index (χ1n) is 6.86. The van der Waals surface area contributed by atoms with Crippen molar-refractivity contribution in [3.05, 3.63) is 51.8 Å². The quantitative estimate of drug-likeness (QED) is 0.770. The Morgan fingerprint density at radius 3 is 2.65 bits per heavy atom. The number of benzene rings is 1. The molecule has 3 rings (SSSR count). The lowest BCUT2D eigenvalue weighted by Crippen LogP contribution is -2.15. The van der Waals surface area contributed by atoms with Crippen LogP contribution in [0.25, 0.3) is 11.1 Å². The smallest absolute Gasteiger partial charge is 0.181 e. The largest absolute Gasteiger partial charge is 0.292 e. The molecule has 2 aromatic rings. The molecule has 1 aromatic heterocycles. The average molecular weight is 286 g/mol. The maximum absolute atomic E-state index is 12.1. The third-order valence-electron chi connectivity index (χ3n) is 3.70. The van der Waals surface area contributed by atoms with Gasteiger partial charge in [0.05, 0.1) is 0 Å². The number of aryl methyl sites for hydroxylation is 2. The summed E-state index contributed by atoms with van der Waals surface area (Å²) in [6.07, 6.45) is 2.43. The normalized spacial score (nSPS) is 14.2. The van der Waals surface area contributed by atoms with Gasteiger partial charge in [-0.05, 0) is 67.1 Å². The number of carbonyl (C=O) groups excluding carboxylic acids is 1. The first kappa shape index (κ1) is 13.3. The second kappa shape index (κ2) is 5.02. The van der Waals surface area contributed by atoms with E-state index in [4.69, 9.17) is 11.6 Å². The molecule has 1 heterocycles. The SMILES string of the molecule is Cc1cc(Cl)cc(-c2cc(C)nc3c2CCCC3=O)c1. The Hall–Kier alpha value is -1.67. The Morgan fingerprint density at radius 2 is 1.90 bits per heavy atom. The maximum Gasteiger partial charge on any atom is 0.181 e. The van der Waals surface area contributed by atoms with Crippen molar-refractivity contribution in [2.45, 2.75) is 33.1 Å². The number of aromatic nitrogens is 1. The Kier molecular flexibility index (Phi) is 3.35. The van der Waals surface area contributed by atoms with Gasteiger partial charge < -0.3 is 0 Å². The van der Waals surface area contributed by atoms with E-state index in [-0.39, 0.29) is 5.78 Å². The summed E-state index contributed by atoms with van der Waals surface area (Å²) < 4.78 is 0. The van der Waals surface area contributed by atoms with Gasteiger partial charge in [-0.1, -0.05) is 17.7 Å². The van der Waals surface area contributed by atoms with Crippen molar-refractivity contribution < 1.29 is 4.79 Å². The number of ketones is 1. The zero-order valence-electron chi connectivity index (χ0n) is 11.7. The Balaban J connectivity index is 2.25. The molecule has 0 saturated carbocycles. The monoisotopic (exact) mass is 285 g/mol. The summed E-state index contributed by atoms with van der Waals surface area (Å²) in [5.41, 5.74) is 5.92. The number of fused-ring (bicyclic) bond motifs is 1. The van der Waals surface area contributed by atoms with Gasteiger partial charge in [0.2, 0.25) is 0 Å². The van der Waals surface area contributed by atoms with Crippen LogP contribution in [0.1, 0.15) is 40.2 Å². The number of carbonyl (C=O) groups is 1. The highest BCUT2D eigenvalue weighted by atomic mass is 35.5. The van der Waals surface area contributed by atoms with E-state index in [1.165, 1.54) is 0 Å². The Morgan fingerprint density at radius 1 is 1.10 bits per heavy atom. The third kappa shape index (κ3) is 2.36. The lowest BCUT2D eigenvalue weighted by atomic mass is 9.88. The average Bonchev–Trinajstić information content (AvgIpc) is 2.38. The Bertz CT molecular complexity index is 686. The molecule has 0 spiro atoms. The number of Topliss-reactive ketones (excluding diaryl/α,β-unsaturated/α-hetero) is 1. The summed E-state index contributed by atoms with van der Waals surface area (Å²) in [6, 6.07) is 8.07. The van der Waals surface area contributed by atoms with E-state index >= 15 is 0 Å². The van der Waals surface area contributed by atoms with Gasteiger partial charge in [0, 0.05) is 17.1 Å². The fourth-order valence-corrected chi connectivity index (χ4v) is 3.17. The van der Waals surface area contributed by atoms with E-state index in [1.54, 1.807) is 0 Å². The molecule has 20 heavy (non-hydrogen) atoms. The molecule has 0 atom stereocenters. The highest BCUT2D eigenvalue weighted by Gasteiger charge is 2.22. The molecular formula is C17H16ClNO. The predicted octanol–water partition coefficient (Wildman–Crippen LogP) is 4.54. The molecule has 1 aromatic carbocycles. The fraction of sp³-hybridized carbons (Fsp3) is 0.294. The summed E-state index contributed by atoms with van der Waals surface area (Å²) in [6.45, 7) is 3.96. The van der Waals surface area contributed by atoms with Crippen molar-refractivity contribution in [3.8, 4) is 11.1 Å². The van der Waals surface area contributed by atoms with Crippen LogP contribution in [0, 0.1) is 13.8 Å². The molecule has 0 aliphatic heterocycles. The molecule has 0 unspecified atom stereocenters. The summed E-state index contributed by atoms with van der Waals surface area (Å²) >= 11 is 6.17. The Labute approximate surface area is 123 Å². The minimum Gasteiger partial charge on any atom is -0.292 e. The van der Waals surface area contributed by atoms with Crippen LogP contribution in [-0.4, -0.2) is 10.8 Å². The van der Waals surface area contributed by atoms with E-state index in [0.717, 1.165) is 45.8 Å². The van der Waals surface area contributed by atoms with Gasteiger partial charge in [-0.15, -0.1) is 0 Å². The first-order valence-corrected chi connectivity index (χ1v) is 7.23. The van der Waals surface area contributed by atoms with Crippen LogP contribution < -0.4 is 0 Å². The molecule has 0 N–H and O–H groups in total. The van der Waals surface area contributed by atoms with Gasteiger partial charge in [0.1, 0.15) is 5.69 Å². The number of hydrogen-bond donors (Lipinski definition) is 0. The van der Waals surface area contributed by atoms with E-state index in [1.807, 2.05) is 26.0 Å². The molecule has 3 heteroatoms. The minimum absolute atomic E-state index is 0.162. The predicted molar refractivity (Wildman–Crippen MR) is 81.4 cm³/mol. The number of halogens is 1. The van der Waals surface area contributed by atoms with Crippen LogP contribution in [-0.2, 0) is 6.42 Å². The third-order valence-corrected chi connectivity index (χ3v) is 3.92. The standard InChI is InChI=1S/C17H16ClNO/c1-10-6-12(9-13(18)7-10)15-8-11(2)19-17-14(15)4-3-5-16(17)20/h6-9H,3-5H2,1-2H3. The van der Waals surface area contributed by atoms with Crippen LogP contribution in [0.2, 0.25) is 5.02 Å². The topological polar surface area (TPSA) is 30.0 Å². The lowest BCUT2D eigenvalue weighted by Gasteiger charge is -2.19. The van der Waals surface area contributed by atoms with Crippen LogP contribution in [0.15, 0.2) is 24.3 Å². The van der Waals surface area contributed by atoms with Crippen molar-refractivity contribution in [2.75, 3.05) is 0 Å². The van der Waals surface area contributed by atoms with Crippen molar-refractivity contribution in [1.29, 1.82) is 0 Å². The molecule has 102 valence electrons. The highest BCUT2D eigenvalue weighted by molar-refractivity contribution is 6.31. The number of pyridine rings is 1. The lowest BCUT2D eigenvalue weighted by molar-refractivity contribution is 0.0967. The van der Waals surface area contributed by atoms with Crippen LogP contribution in [0.3, 0.4) is 0 Å². The summed E-state index contributed by atoms with van der Waals surface area (Å²) in [5, 5.41) is 0.727. The second-order valence-electron chi connectivity index (χ2n) is 5.43. The molecule has 0 radical (unpaired) electrons. The molecular weight excluding hydrogens is 270 g/mol. The van der Waals surface area contributed by atoms with Gasteiger partial charge >= 0.3 is 0 Å². The van der Waals surface area contributed by atoms with Gasteiger partial charge in [0.15, 0.2) is 5.78 Å². The van der Waals surface area contributed by atoms with Crippen molar-refractivity contribution in [2.24, 2.45) is 0 Å². The zero-order chi connectivity index (χ0) is 14.3. The van der Waals surface area contributed by atoms with Gasteiger partial charge in [-0.3, -0.25) is 4.79 Å². The molecule has 0 fully saturated rings.